The van der Waals surface area contributed by atoms with Gasteiger partial charge >= 0.3 is 0 Å². The van der Waals surface area contributed by atoms with E-state index in [9.17, 15) is 4.39 Å². The van der Waals surface area contributed by atoms with Crippen LogP contribution in [0.5, 0.6) is 5.75 Å². The molecule has 2 N–H and O–H groups in total. The molecule has 2 nitrogen and oxygen atoms in total. The highest BCUT2D eigenvalue weighted by Gasteiger charge is 1.99. The van der Waals surface area contributed by atoms with E-state index in [1.54, 1.807) is 12.1 Å². The minimum atomic E-state index is -0.223. The Labute approximate surface area is 106 Å². The highest BCUT2D eigenvalue weighted by molar-refractivity contribution is 5.28. The molecule has 18 heavy (non-hydrogen) atoms. The summed E-state index contributed by atoms with van der Waals surface area (Å²) in [6, 6.07) is 14.4. The number of hydrogen-bond donors (Lipinski definition) is 1. The van der Waals surface area contributed by atoms with Crippen molar-refractivity contribution in [2.75, 3.05) is 7.05 Å². The van der Waals surface area contributed by atoms with Crippen LogP contribution in [0.25, 0.3) is 0 Å². The molecule has 0 aliphatic carbocycles. The first-order valence-corrected chi connectivity index (χ1v) is 6.02. The molecule has 0 aliphatic heterocycles. The third-order valence-corrected chi connectivity index (χ3v) is 2.66. The Hall–Kier alpha value is -1.87. The molecule has 0 heterocycles. The van der Waals surface area contributed by atoms with Gasteiger partial charge in [0.15, 0.2) is 0 Å². The van der Waals surface area contributed by atoms with Crippen LogP contribution in [0.3, 0.4) is 0 Å². The lowest BCUT2D eigenvalue weighted by atomic mass is 10.2. The maximum Gasteiger partial charge on any atom is 0.123 e. The Balaban J connectivity index is 1.97. The van der Waals surface area contributed by atoms with Gasteiger partial charge in [-0.25, -0.2) is 4.39 Å². The molecule has 0 saturated carbocycles. The van der Waals surface area contributed by atoms with E-state index in [2.05, 4.69) is 11.4 Å². The van der Waals surface area contributed by atoms with Gasteiger partial charge in [-0.1, -0.05) is 24.3 Å². The van der Waals surface area contributed by atoms with Gasteiger partial charge in [-0.15, -0.1) is 0 Å². The van der Waals surface area contributed by atoms with E-state index in [1.807, 2.05) is 25.2 Å². The normalized spacial score (nSPS) is 10.3. The standard InChI is InChI=1S/C15H16FNO/c1-17-10-13-3-2-4-15(9-13)18-11-12-5-7-14(16)8-6-12/h2-9,17H,10-11H2,1H3/p+1. The maximum absolute atomic E-state index is 12.7. The van der Waals surface area contributed by atoms with Gasteiger partial charge in [0.1, 0.15) is 24.7 Å². The van der Waals surface area contributed by atoms with E-state index in [0.29, 0.717) is 6.61 Å². The van der Waals surface area contributed by atoms with Crippen LogP contribution < -0.4 is 10.1 Å². The summed E-state index contributed by atoms with van der Waals surface area (Å²) in [6.45, 7) is 1.40. The lowest BCUT2D eigenvalue weighted by Gasteiger charge is -2.07. The van der Waals surface area contributed by atoms with Crippen LogP contribution in [-0.2, 0) is 13.2 Å². The summed E-state index contributed by atoms with van der Waals surface area (Å²) in [7, 11) is 2.03. The summed E-state index contributed by atoms with van der Waals surface area (Å²) in [5.41, 5.74) is 2.19. The zero-order valence-electron chi connectivity index (χ0n) is 10.4. The average molecular weight is 246 g/mol. The van der Waals surface area contributed by atoms with Gasteiger partial charge in [0.05, 0.1) is 7.05 Å². The summed E-state index contributed by atoms with van der Waals surface area (Å²) in [5, 5.41) is 2.11. The van der Waals surface area contributed by atoms with Crippen LogP contribution >= 0.6 is 0 Å². The molecule has 2 aromatic carbocycles. The van der Waals surface area contributed by atoms with Gasteiger partial charge in [-0.3, -0.25) is 0 Å². The number of hydrogen-bond acceptors (Lipinski definition) is 1. The largest absolute Gasteiger partial charge is 0.489 e. The van der Waals surface area contributed by atoms with E-state index in [-0.39, 0.29) is 5.82 Å². The van der Waals surface area contributed by atoms with Crippen molar-refractivity contribution in [2.45, 2.75) is 13.2 Å². The molecular weight excluding hydrogens is 229 g/mol. The van der Waals surface area contributed by atoms with Crippen molar-refractivity contribution in [2.24, 2.45) is 0 Å². The molecule has 0 spiro atoms. The van der Waals surface area contributed by atoms with Crippen LogP contribution in [0.15, 0.2) is 48.5 Å². The number of rotatable bonds is 5. The molecule has 94 valence electrons. The maximum atomic E-state index is 12.7. The van der Waals surface area contributed by atoms with Crippen molar-refractivity contribution < 1.29 is 14.4 Å². The number of quaternary nitrogens is 1. The van der Waals surface area contributed by atoms with Crippen molar-refractivity contribution in [1.29, 1.82) is 0 Å². The van der Waals surface area contributed by atoms with Crippen molar-refractivity contribution >= 4 is 0 Å². The third kappa shape index (κ3) is 3.57. The van der Waals surface area contributed by atoms with Gasteiger partial charge in [-0.2, -0.15) is 0 Å². The van der Waals surface area contributed by atoms with Crippen molar-refractivity contribution in [3.63, 3.8) is 0 Å². The second-order valence-electron chi connectivity index (χ2n) is 4.17. The fourth-order valence-electron chi connectivity index (χ4n) is 1.75. The first-order chi connectivity index (χ1) is 8.78. The molecule has 0 atom stereocenters. The number of nitrogens with two attached hydrogens (primary N) is 1. The minimum Gasteiger partial charge on any atom is -0.489 e. The zero-order chi connectivity index (χ0) is 12.8. The molecule has 0 aromatic heterocycles. The van der Waals surface area contributed by atoms with Gasteiger partial charge in [-0.05, 0) is 29.8 Å². The summed E-state index contributed by atoms with van der Waals surface area (Å²) in [5.74, 6) is 0.623. The molecule has 0 aliphatic rings. The third-order valence-electron chi connectivity index (χ3n) is 2.66. The lowest BCUT2D eigenvalue weighted by Crippen LogP contribution is -2.77. The molecule has 0 radical (unpaired) electrons. The molecule has 0 unspecified atom stereocenters. The first-order valence-electron chi connectivity index (χ1n) is 6.02. The van der Waals surface area contributed by atoms with Crippen molar-refractivity contribution in [3.05, 3.63) is 65.5 Å². The molecule has 2 aromatic rings. The van der Waals surface area contributed by atoms with E-state index >= 15 is 0 Å². The summed E-state index contributed by atoms with van der Waals surface area (Å²) in [4.78, 5) is 0. The number of halogens is 1. The monoisotopic (exact) mass is 246 g/mol. The molecule has 0 fully saturated rings. The molecule has 3 heteroatoms. The van der Waals surface area contributed by atoms with Gasteiger partial charge in [0, 0.05) is 5.56 Å². The Bertz CT molecular complexity index is 496. The molecular formula is C15H17FNO+. The summed E-state index contributed by atoms with van der Waals surface area (Å²) >= 11 is 0. The molecule has 2 rings (SSSR count). The Morgan fingerprint density at radius 1 is 1.06 bits per heavy atom. The molecule has 0 amide bonds. The van der Waals surface area contributed by atoms with Gasteiger partial charge in [0.2, 0.25) is 0 Å². The fraction of sp³-hybridized carbons (Fsp3) is 0.200. The predicted molar refractivity (Wildman–Crippen MR) is 68.7 cm³/mol. The Morgan fingerprint density at radius 2 is 1.83 bits per heavy atom. The minimum absolute atomic E-state index is 0.223. The highest BCUT2D eigenvalue weighted by atomic mass is 19.1. The van der Waals surface area contributed by atoms with Crippen LogP contribution in [0.2, 0.25) is 0 Å². The Morgan fingerprint density at radius 3 is 2.56 bits per heavy atom. The summed E-state index contributed by atoms with van der Waals surface area (Å²) in [6.07, 6.45) is 0. The quantitative estimate of drug-likeness (QED) is 0.859. The SMILES string of the molecule is C[NH2+]Cc1cccc(OCc2ccc(F)cc2)c1. The van der Waals surface area contributed by atoms with Crippen LogP contribution in [0.4, 0.5) is 4.39 Å². The van der Waals surface area contributed by atoms with Crippen molar-refractivity contribution in [3.8, 4) is 5.75 Å². The highest BCUT2D eigenvalue weighted by Crippen LogP contribution is 2.14. The van der Waals surface area contributed by atoms with Crippen LogP contribution in [-0.4, -0.2) is 7.05 Å². The predicted octanol–water partition coefficient (Wildman–Crippen LogP) is 2.10. The van der Waals surface area contributed by atoms with E-state index < -0.39 is 0 Å². The Kier molecular flexibility index (Phi) is 4.31. The lowest BCUT2D eigenvalue weighted by molar-refractivity contribution is -0.643. The number of benzene rings is 2. The fourth-order valence-corrected chi connectivity index (χ4v) is 1.75. The van der Waals surface area contributed by atoms with E-state index in [0.717, 1.165) is 17.9 Å². The van der Waals surface area contributed by atoms with Crippen LogP contribution in [0, 0.1) is 5.82 Å². The average Bonchev–Trinajstić information content (AvgIpc) is 2.39. The van der Waals surface area contributed by atoms with Gasteiger partial charge in [0.25, 0.3) is 0 Å². The van der Waals surface area contributed by atoms with E-state index in [4.69, 9.17) is 4.74 Å². The zero-order valence-corrected chi connectivity index (χ0v) is 10.4. The molecule has 0 saturated heterocycles. The smallest absolute Gasteiger partial charge is 0.123 e. The first kappa shape index (κ1) is 12.6. The summed E-state index contributed by atoms with van der Waals surface area (Å²) < 4.78 is 18.4. The molecule has 0 bridgehead atoms. The second kappa shape index (κ2) is 6.17. The van der Waals surface area contributed by atoms with Crippen molar-refractivity contribution in [1.82, 2.24) is 0 Å². The van der Waals surface area contributed by atoms with Crippen LogP contribution in [0.1, 0.15) is 11.1 Å². The second-order valence-corrected chi connectivity index (χ2v) is 4.17. The number of ether oxygens (including phenoxy) is 1. The van der Waals surface area contributed by atoms with E-state index in [1.165, 1.54) is 17.7 Å². The topological polar surface area (TPSA) is 25.8 Å². The van der Waals surface area contributed by atoms with Gasteiger partial charge < -0.3 is 10.1 Å².